The normalized spacial score (nSPS) is 10.9. The van der Waals surface area contributed by atoms with Gasteiger partial charge in [0.25, 0.3) is 15.9 Å². The van der Waals surface area contributed by atoms with Gasteiger partial charge in [0.15, 0.2) is 0 Å². The molecule has 0 fully saturated rings. The number of amides is 1. The fourth-order valence-electron chi connectivity index (χ4n) is 2.85. The molecule has 0 saturated carbocycles. The van der Waals surface area contributed by atoms with Gasteiger partial charge in [-0.2, -0.15) is 0 Å². The summed E-state index contributed by atoms with van der Waals surface area (Å²) >= 11 is 0. The number of carbonyl (C=O) groups is 2. The summed E-state index contributed by atoms with van der Waals surface area (Å²) in [5.74, 6) is -0.949. The number of benzene rings is 3. The van der Waals surface area contributed by atoms with Crippen LogP contribution in [-0.4, -0.2) is 27.4 Å². The Labute approximate surface area is 181 Å². The molecule has 31 heavy (non-hydrogen) atoms. The Kier molecular flexibility index (Phi) is 6.41. The van der Waals surface area contributed by atoms with Crippen molar-refractivity contribution in [1.29, 1.82) is 0 Å². The van der Waals surface area contributed by atoms with Gasteiger partial charge in [0.05, 0.1) is 17.6 Å². The van der Waals surface area contributed by atoms with E-state index < -0.39 is 21.9 Å². The molecular formula is C23H22N2O5S. The lowest BCUT2D eigenvalue weighted by atomic mass is 10.1. The van der Waals surface area contributed by atoms with Crippen LogP contribution in [0.2, 0.25) is 0 Å². The number of carbonyl (C=O) groups excluding carboxylic acids is 2. The van der Waals surface area contributed by atoms with Crippen LogP contribution in [0.5, 0.6) is 0 Å². The first-order valence-corrected chi connectivity index (χ1v) is 10.9. The summed E-state index contributed by atoms with van der Waals surface area (Å²) in [6.07, 6.45) is 0. The quantitative estimate of drug-likeness (QED) is 0.563. The topological polar surface area (TPSA) is 102 Å². The van der Waals surface area contributed by atoms with Gasteiger partial charge in [-0.05, 0) is 79.6 Å². The van der Waals surface area contributed by atoms with E-state index in [9.17, 15) is 18.0 Å². The molecule has 2 N–H and O–H groups in total. The number of methoxy groups -OCH3 is 1. The zero-order valence-electron chi connectivity index (χ0n) is 17.3. The highest BCUT2D eigenvalue weighted by Gasteiger charge is 2.16. The summed E-state index contributed by atoms with van der Waals surface area (Å²) in [7, 11) is -2.52. The van der Waals surface area contributed by atoms with Crippen molar-refractivity contribution in [3.05, 3.63) is 89.0 Å². The van der Waals surface area contributed by atoms with E-state index in [2.05, 4.69) is 14.8 Å². The van der Waals surface area contributed by atoms with Gasteiger partial charge >= 0.3 is 5.97 Å². The van der Waals surface area contributed by atoms with Crippen molar-refractivity contribution in [2.24, 2.45) is 0 Å². The van der Waals surface area contributed by atoms with Crippen molar-refractivity contribution >= 4 is 33.3 Å². The number of rotatable bonds is 6. The largest absolute Gasteiger partial charge is 0.465 e. The third kappa shape index (κ3) is 5.29. The summed E-state index contributed by atoms with van der Waals surface area (Å²) in [5.41, 5.74) is 3.50. The number of hydrogen-bond acceptors (Lipinski definition) is 5. The number of aryl methyl sites for hydroxylation is 2. The molecule has 0 aliphatic heterocycles. The van der Waals surface area contributed by atoms with Crippen molar-refractivity contribution in [3.8, 4) is 0 Å². The Morgan fingerprint density at radius 3 is 2.16 bits per heavy atom. The first kappa shape index (κ1) is 22.0. The number of anilines is 2. The second-order valence-electron chi connectivity index (χ2n) is 6.96. The van der Waals surface area contributed by atoms with Crippen LogP contribution in [0, 0.1) is 13.8 Å². The number of ether oxygens (including phenoxy) is 1. The summed E-state index contributed by atoms with van der Waals surface area (Å²) in [4.78, 5) is 24.2. The highest BCUT2D eigenvalue weighted by molar-refractivity contribution is 7.92. The van der Waals surface area contributed by atoms with Gasteiger partial charge in [-0.15, -0.1) is 0 Å². The van der Waals surface area contributed by atoms with Crippen molar-refractivity contribution < 1.29 is 22.7 Å². The SMILES string of the molecule is COC(=O)c1cccc(NC(=O)c2ccc(S(=O)(=O)Nc3ccc(C)c(C)c3)cc2)c1. The lowest BCUT2D eigenvalue weighted by Gasteiger charge is -2.11. The van der Waals surface area contributed by atoms with Gasteiger partial charge in [0.1, 0.15) is 0 Å². The molecule has 8 heteroatoms. The Bertz CT molecular complexity index is 1240. The molecule has 3 aromatic rings. The summed E-state index contributed by atoms with van der Waals surface area (Å²) in [6, 6.07) is 17.2. The van der Waals surface area contributed by atoms with E-state index in [0.29, 0.717) is 16.9 Å². The maximum absolute atomic E-state index is 12.6. The second-order valence-corrected chi connectivity index (χ2v) is 8.64. The maximum Gasteiger partial charge on any atom is 0.337 e. The van der Waals surface area contributed by atoms with Gasteiger partial charge in [-0.25, -0.2) is 13.2 Å². The molecule has 0 saturated heterocycles. The van der Waals surface area contributed by atoms with Crippen molar-refractivity contribution in [2.75, 3.05) is 17.1 Å². The number of hydrogen-bond donors (Lipinski definition) is 2. The Morgan fingerprint density at radius 1 is 0.806 bits per heavy atom. The number of nitrogens with one attached hydrogen (secondary N) is 2. The fourth-order valence-corrected chi connectivity index (χ4v) is 3.90. The zero-order chi connectivity index (χ0) is 22.6. The van der Waals surface area contributed by atoms with Crippen LogP contribution in [0.15, 0.2) is 71.6 Å². The molecule has 0 unspecified atom stereocenters. The zero-order valence-corrected chi connectivity index (χ0v) is 18.1. The third-order valence-corrected chi connectivity index (χ3v) is 6.12. The van der Waals surface area contributed by atoms with Crippen LogP contribution in [0.1, 0.15) is 31.8 Å². The fraction of sp³-hybridized carbons (Fsp3) is 0.130. The second kappa shape index (κ2) is 9.01. The molecule has 0 aromatic heterocycles. The average Bonchev–Trinajstić information content (AvgIpc) is 2.76. The van der Waals surface area contributed by atoms with Crippen LogP contribution in [0.25, 0.3) is 0 Å². The Hall–Kier alpha value is -3.65. The Morgan fingerprint density at radius 2 is 1.52 bits per heavy atom. The molecule has 160 valence electrons. The predicted octanol–water partition coefficient (Wildman–Crippen LogP) is 4.14. The molecule has 0 spiro atoms. The van der Waals surface area contributed by atoms with Crippen molar-refractivity contribution in [2.45, 2.75) is 18.7 Å². The van der Waals surface area contributed by atoms with Crippen molar-refractivity contribution in [3.63, 3.8) is 0 Å². The van der Waals surface area contributed by atoms with Crippen LogP contribution < -0.4 is 10.0 Å². The van der Waals surface area contributed by atoms with E-state index in [4.69, 9.17) is 0 Å². The lowest BCUT2D eigenvalue weighted by molar-refractivity contribution is 0.0600. The van der Waals surface area contributed by atoms with Gasteiger partial charge in [0.2, 0.25) is 0 Å². The molecule has 3 aromatic carbocycles. The van der Waals surface area contributed by atoms with Crippen molar-refractivity contribution in [1.82, 2.24) is 0 Å². The third-order valence-electron chi connectivity index (χ3n) is 4.73. The minimum atomic E-state index is -3.80. The predicted molar refractivity (Wildman–Crippen MR) is 119 cm³/mol. The van der Waals surface area contributed by atoms with E-state index in [1.54, 1.807) is 30.3 Å². The highest BCUT2D eigenvalue weighted by Crippen LogP contribution is 2.20. The standard InChI is InChI=1S/C23H22N2O5S/c1-15-7-10-20(13-16(15)2)25-31(28,29)21-11-8-17(9-12-21)22(26)24-19-6-4-5-18(14-19)23(27)30-3/h4-14,25H,1-3H3,(H,24,26). The smallest absolute Gasteiger partial charge is 0.337 e. The van der Waals surface area contributed by atoms with E-state index in [0.717, 1.165) is 11.1 Å². The summed E-state index contributed by atoms with van der Waals surface area (Å²) in [5, 5.41) is 2.68. The number of sulfonamides is 1. The van der Waals surface area contributed by atoms with Gasteiger partial charge in [-0.1, -0.05) is 12.1 Å². The summed E-state index contributed by atoms with van der Waals surface area (Å²) in [6.45, 7) is 3.85. The Balaban J connectivity index is 1.73. The van der Waals surface area contributed by atoms with Crippen LogP contribution >= 0.6 is 0 Å². The van der Waals surface area contributed by atoms with E-state index >= 15 is 0 Å². The lowest BCUT2D eigenvalue weighted by Crippen LogP contribution is -2.15. The molecule has 0 atom stereocenters. The molecule has 0 heterocycles. The van der Waals surface area contributed by atoms with Crippen LogP contribution in [0.3, 0.4) is 0 Å². The first-order valence-electron chi connectivity index (χ1n) is 9.39. The van der Waals surface area contributed by atoms with Gasteiger partial charge < -0.3 is 10.1 Å². The molecule has 1 amide bonds. The minimum absolute atomic E-state index is 0.0370. The van der Waals surface area contributed by atoms with Crippen LogP contribution in [0.4, 0.5) is 11.4 Å². The highest BCUT2D eigenvalue weighted by atomic mass is 32.2. The monoisotopic (exact) mass is 438 g/mol. The van der Waals surface area contributed by atoms with E-state index in [1.807, 2.05) is 19.9 Å². The maximum atomic E-state index is 12.6. The molecule has 3 rings (SSSR count). The molecular weight excluding hydrogens is 416 g/mol. The molecule has 0 radical (unpaired) electrons. The minimum Gasteiger partial charge on any atom is -0.465 e. The molecule has 0 aliphatic carbocycles. The number of esters is 1. The molecule has 0 aliphatic rings. The first-order chi connectivity index (χ1) is 14.7. The molecule has 0 bridgehead atoms. The summed E-state index contributed by atoms with van der Waals surface area (Å²) < 4.78 is 32.5. The van der Waals surface area contributed by atoms with Crippen LogP contribution in [-0.2, 0) is 14.8 Å². The van der Waals surface area contributed by atoms with Gasteiger partial charge in [-0.3, -0.25) is 9.52 Å². The molecule has 7 nitrogen and oxygen atoms in total. The average molecular weight is 439 g/mol. The van der Waals surface area contributed by atoms with Gasteiger partial charge in [0, 0.05) is 16.9 Å². The van der Waals surface area contributed by atoms with E-state index in [-0.39, 0.29) is 10.5 Å². The van der Waals surface area contributed by atoms with E-state index in [1.165, 1.54) is 37.4 Å².